The zero-order valence-corrected chi connectivity index (χ0v) is 15.8. The van der Waals surface area contributed by atoms with E-state index in [1.807, 2.05) is 6.92 Å². The highest BCUT2D eigenvalue weighted by Crippen LogP contribution is 2.31. The maximum atomic E-state index is 12.8. The number of anilines is 1. The topological polar surface area (TPSA) is 113 Å². The third-order valence-electron chi connectivity index (χ3n) is 4.77. The van der Waals surface area contributed by atoms with Crippen LogP contribution in [0.2, 0.25) is 0 Å². The van der Waals surface area contributed by atoms with E-state index in [-0.39, 0.29) is 10.3 Å². The van der Waals surface area contributed by atoms with Crippen LogP contribution in [0, 0.1) is 23.7 Å². The summed E-state index contributed by atoms with van der Waals surface area (Å²) in [6.45, 7) is 5.83. The molecule has 0 bridgehead atoms. The van der Waals surface area contributed by atoms with Gasteiger partial charge in [-0.05, 0) is 18.6 Å². The van der Waals surface area contributed by atoms with E-state index in [0.717, 1.165) is 5.56 Å². The lowest BCUT2D eigenvalue weighted by Gasteiger charge is -2.37. The van der Waals surface area contributed by atoms with Crippen LogP contribution < -0.4 is 4.72 Å². The minimum absolute atomic E-state index is 0.0124. The third-order valence-corrected chi connectivity index (χ3v) is 6.09. The van der Waals surface area contributed by atoms with Crippen molar-refractivity contribution in [3.05, 3.63) is 41.9 Å². The second-order valence-corrected chi connectivity index (χ2v) is 8.96. The molecular formula is C18H19N5O3S. The molecule has 0 radical (unpaired) electrons. The fourth-order valence-electron chi connectivity index (χ4n) is 3.30. The van der Waals surface area contributed by atoms with Gasteiger partial charge in [-0.3, -0.25) is 9.40 Å². The van der Waals surface area contributed by atoms with E-state index in [9.17, 15) is 13.7 Å². The molecule has 0 atom stereocenters. The number of aryl methyl sites for hydroxylation is 1. The van der Waals surface area contributed by atoms with Gasteiger partial charge in [0.05, 0.1) is 42.7 Å². The van der Waals surface area contributed by atoms with Gasteiger partial charge in [-0.2, -0.15) is 10.4 Å². The summed E-state index contributed by atoms with van der Waals surface area (Å²) in [5, 5.41) is 14.1. The summed E-state index contributed by atoms with van der Waals surface area (Å²) < 4.78 is 35.1. The molecule has 0 spiro atoms. The van der Waals surface area contributed by atoms with Crippen molar-refractivity contribution >= 4 is 26.6 Å². The lowest BCUT2D eigenvalue weighted by atomic mass is 9.89. The van der Waals surface area contributed by atoms with Crippen LogP contribution in [0.15, 0.2) is 35.6 Å². The Balaban J connectivity index is 1.64. The molecule has 140 valence electrons. The highest BCUT2D eigenvalue weighted by molar-refractivity contribution is 7.92. The van der Waals surface area contributed by atoms with E-state index >= 15 is 0 Å². The summed E-state index contributed by atoms with van der Waals surface area (Å²) >= 11 is 0. The predicted octanol–water partition coefficient (Wildman–Crippen LogP) is 2.38. The molecule has 3 aromatic rings. The van der Waals surface area contributed by atoms with Crippen molar-refractivity contribution in [1.29, 1.82) is 5.26 Å². The first-order valence-corrected chi connectivity index (χ1v) is 9.93. The van der Waals surface area contributed by atoms with Crippen LogP contribution in [0.4, 0.5) is 5.69 Å². The molecule has 0 saturated carbocycles. The quantitative estimate of drug-likeness (QED) is 0.700. The lowest BCUT2D eigenvalue weighted by Crippen LogP contribution is -2.43. The second kappa shape index (κ2) is 6.11. The summed E-state index contributed by atoms with van der Waals surface area (Å²) in [7, 11) is -3.81. The molecule has 1 aliphatic heterocycles. The molecule has 0 unspecified atom stereocenters. The summed E-state index contributed by atoms with van der Waals surface area (Å²) in [4.78, 5) is 3.08. The Morgan fingerprint density at radius 2 is 2.22 bits per heavy atom. The van der Waals surface area contributed by atoms with Crippen molar-refractivity contribution in [1.82, 2.24) is 14.8 Å². The van der Waals surface area contributed by atoms with Crippen molar-refractivity contribution in [2.24, 2.45) is 5.41 Å². The second-order valence-electron chi connectivity index (χ2n) is 7.28. The van der Waals surface area contributed by atoms with Gasteiger partial charge < -0.3 is 9.72 Å². The Morgan fingerprint density at radius 1 is 1.44 bits per heavy atom. The lowest BCUT2D eigenvalue weighted by molar-refractivity contribution is -0.111. The average molecular weight is 385 g/mol. The van der Waals surface area contributed by atoms with Crippen LogP contribution in [0.3, 0.4) is 0 Å². The van der Waals surface area contributed by atoms with Crippen molar-refractivity contribution in [2.75, 3.05) is 17.9 Å². The largest absolute Gasteiger partial charge is 0.380 e. The number of hydrogen-bond acceptors (Lipinski definition) is 5. The molecule has 2 aromatic heterocycles. The molecule has 1 aliphatic rings. The van der Waals surface area contributed by atoms with Gasteiger partial charge in [0.1, 0.15) is 11.0 Å². The number of nitrogens with zero attached hydrogens (tertiary/aromatic N) is 3. The van der Waals surface area contributed by atoms with Gasteiger partial charge in [-0.25, -0.2) is 8.42 Å². The number of fused-ring (bicyclic) bond motifs is 1. The van der Waals surface area contributed by atoms with Crippen LogP contribution in [-0.2, 0) is 21.3 Å². The zero-order valence-electron chi connectivity index (χ0n) is 15.0. The molecule has 3 heterocycles. The molecular weight excluding hydrogens is 366 g/mol. The van der Waals surface area contributed by atoms with Crippen LogP contribution in [0.5, 0.6) is 0 Å². The monoisotopic (exact) mass is 385 g/mol. The number of nitriles is 1. The number of nitrogens with one attached hydrogen (secondary N) is 2. The molecule has 8 nitrogen and oxygen atoms in total. The van der Waals surface area contributed by atoms with Gasteiger partial charge in [-0.15, -0.1) is 0 Å². The van der Waals surface area contributed by atoms with E-state index in [1.165, 1.54) is 12.4 Å². The predicted molar refractivity (Wildman–Crippen MR) is 99.7 cm³/mol. The number of sulfonamides is 1. The van der Waals surface area contributed by atoms with Crippen molar-refractivity contribution < 1.29 is 13.2 Å². The molecule has 1 saturated heterocycles. The Kier molecular flexibility index (Phi) is 3.98. The average Bonchev–Trinajstić information content (AvgIpc) is 3.23. The van der Waals surface area contributed by atoms with Crippen molar-refractivity contribution in [3.63, 3.8) is 0 Å². The maximum absolute atomic E-state index is 12.8. The minimum Gasteiger partial charge on any atom is -0.380 e. The minimum atomic E-state index is -3.81. The first-order chi connectivity index (χ1) is 12.8. The number of ether oxygens (including phenoxy) is 1. The molecule has 2 N–H and O–H groups in total. The van der Waals surface area contributed by atoms with E-state index in [1.54, 1.807) is 23.0 Å². The molecule has 1 fully saturated rings. The summed E-state index contributed by atoms with van der Waals surface area (Å²) in [6, 6.07) is 5.59. The van der Waals surface area contributed by atoms with Crippen LogP contribution in [0.25, 0.3) is 10.9 Å². The smallest absolute Gasteiger partial charge is 0.265 e. The van der Waals surface area contributed by atoms with E-state index in [0.29, 0.717) is 41.9 Å². The summed E-state index contributed by atoms with van der Waals surface area (Å²) in [5.74, 6) is 0. The van der Waals surface area contributed by atoms with E-state index in [2.05, 4.69) is 27.8 Å². The summed E-state index contributed by atoms with van der Waals surface area (Å²) in [5.41, 5.74) is 2.34. The normalized spacial score (nSPS) is 16.0. The Labute approximate surface area is 156 Å². The van der Waals surface area contributed by atoms with Gasteiger partial charge in [0, 0.05) is 23.2 Å². The summed E-state index contributed by atoms with van der Waals surface area (Å²) in [6.07, 6.45) is 4.44. The molecule has 0 aliphatic carbocycles. The highest BCUT2D eigenvalue weighted by Gasteiger charge is 2.34. The fourth-order valence-corrected chi connectivity index (χ4v) is 4.32. The number of H-pyrrole nitrogens is 1. The number of aromatic amines is 1. The fraction of sp³-hybridized carbons (Fsp3) is 0.333. The van der Waals surface area contributed by atoms with Crippen LogP contribution in [-0.4, -0.2) is 36.4 Å². The Morgan fingerprint density at radius 3 is 2.89 bits per heavy atom. The van der Waals surface area contributed by atoms with E-state index in [4.69, 9.17) is 4.74 Å². The zero-order chi connectivity index (χ0) is 19.2. The number of benzene rings is 1. The number of hydrogen-bond donors (Lipinski definition) is 2. The van der Waals surface area contributed by atoms with E-state index < -0.39 is 10.0 Å². The first-order valence-electron chi connectivity index (χ1n) is 8.45. The Hall–Kier alpha value is -2.83. The first kappa shape index (κ1) is 17.6. The van der Waals surface area contributed by atoms with Crippen molar-refractivity contribution in [3.8, 4) is 6.07 Å². The molecule has 0 amide bonds. The number of aromatic nitrogens is 3. The molecule has 9 heteroatoms. The van der Waals surface area contributed by atoms with Gasteiger partial charge >= 0.3 is 0 Å². The van der Waals surface area contributed by atoms with Gasteiger partial charge in [-0.1, -0.05) is 13.0 Å². The SMILES string of the molecule is Cc1ccc(NS(=O)(=O)c2cnn(CC3(C)COC3)c2)c2[nH]cc(C#N)c12. The Bertz CT molecular complexity index is 1170. The standard InChI is InChI=1S/C18H19N5O3S/c1-12-3-4-15(17-16(12)13(5-19)6-20-17)22-27(24,25)14-7-21-23(8-14)9-18(2)10-26-11-18/h3-4,6-8,20,22H,9-11H2,1-2H3. The van der Waals surface area contributed by atoms with Gasteiger partial charge in [0.15, 0.2) is 0 Å². The molecule has 1 aromatic carbocycles. The van der Waals surface area contributed by atoms with Crippen LogP contribution in [0.1, 0.15) is 18.1 Å². The molecule has 27 heavy (non-hydrogen) atoms. The molecule has 4 rings (SSSR count). The highest BCUT2D eigenvalue weighted by atomic mass is 32.2. The third kappa shape index (κ3) is 3.07. The maximum Gasteiger partial charge on any atom is 0.265 e. The van der Waals surface area contributed by atoms with Gasteiger partial charge in [0.25, 0.3) is 10.0 Å². The van der Waals surface area contributed by atoms with Crippen LogP contribution >= 0.6 is 0 Å². The number of rotatable bonds is 5. The van der Waals surface area contributed by atoms with Crippen molar-refractivity contribution in [2.45, 2.75) is 25.3 Å². The van der Waals surface area contributed by atoms with Gasteiger partial charge in [0.2, 0.25) is 0 Å².